The predicted molar refractivity (Wildman–Crippen MR) is 77.1 cm³/mol. The van der Waals surface area contributed by atoms with Crippen LogP contribution in [0.3, 0.4) is 0 Å². The van der Waals surface area contributed by atoms with Crippen molar-refractivity contribution in [1.29, 1.82) is 0 Å². The van der Waals surface area contributed by atoms with Crippen molar-refractivity contribution in [2.45, 2.75) is 25.3 Å². The summed E-state index contributed by atoms with van der Waals surface area (Å²) in [5, 5.41) is 9.41. The minimum absolute atomic E-state index is 0.0201. The number of rotatable bonds is 3. The molecular formula is C15H18N4O2. The molecule has 1 fully saturated rings. The largest absolute Gasteiger partial charge is 0.394 e. The van der Waals surface area contributed by atoms with Gasteiger partial charge in [-0.2, -0.15) is 0 Å². The topological polar surface area (TPSA) is 71.2 Å². The third-order valence-corrected chi connectivity index (χ3v) is 3.86. The van der Waals surface area contributed by atoms with Crippen LogP contribution in [0.5, 0.6) is 0 Å². The van der Waals surface area contributed by atoms with E-state index in [1.54, 1.807) is 46.5 Å². The number of amides is 1. The summed E-state index contributed by atoms with van der Waals surface area (Å²) in [4.78, 5) is 22.6. The molecular weight excluding hydrogens is 268 g/mol. The SMILES string of the molecule is O=C(c1ccc(-n2ccnc2)nc1)N1CCCCC1CO. The number of piperidine rings is 1. The van der Waals surface area contributed by atoms with Crippen LogP contribution >= 0.6 is 0 Å². The maximum Gasteiger partial charge on any atom is 0.255 e. The first-order valence-corrected chi connectivity index (χ1v) is 7.16. The first kappa shape index (κ1) is 13.8. The lowest BCUT2D eigenvalue weighted by atomic mass is 10.0. The van der Waals surface area contributed by atoms with Gasteiger partial charge in [0.05, 0.1) is 18.2 Å². The molecule has 1 aliphatic heterocycles. The molecule has 1 saturated heterocycles. The number of carbonyl (C=O) groups excluding carboxylic acids is 1. The summed E-state index contributed by atoms with van der Waals surface area (Å²) in [6.07, 6.45) is 9.64. The molecule has 0 aromatic carbocycles. The summed E-state index contributed by atoms with van der Waals surface area (Å²) in [5.41, 5.74) is 0.555. The molecule has 1 unspecified atom stereocenters. The monoisotopic (exact) mass is 286 g/mol. The molecule has 0 aliphatic carbocycles. The molecule has 6 heteroatoms. The van der Waals surface area contributed by atoms with E-state index in [0.717, 1.165) is 25.1 Å². The average molecular weight is 286 g/mol. The number of aliphatic hydroxyl groups is 1. The highest BCUT2D eigenvalue weighted by molar-refractivity contribution is 5.94. The van der Waals surface area contributed by atoms with Gasteiger partial charge in [0, 0.05) is 25.1 Å². The molecule has 1 atom stereocenters. The van der Waals surface area contributed by atoms with Crippen LogP contribution in [0.1, 0.15) is 29.6 Å². The Morgan fingerprint density at radius 3 is 2.95 bits per heavy atom. The van der Waals surface area contributed by atoms with Crippen molar-refractivity contribution in [3.8, 4) is 5.82 Å². The highest BCUT2D eigenvalue weighted by Gasteiger charge is 2.26. The number of nitrogens with zero attached hydrogens (tertiary/aromatic N) is 4. The van der Waals surface area contributed by atoms with E-state index >= 15 is 0 Å². The molecule has 21 heavy (non-hydrogen) atoms. The Balaban J connectivity index is 1.78. The number of hydrogen-bond acceptors (Lipinski definition) is 4. The van der Waals surface area contributed by atoms with Gasteiger partial charge in [-0.05, 0) is 31.4 Å². The maximum absolute atomic E-state index is 12.5. The van der Waals surface area contributed by atoms with Gasteiger partial charge in [-0.25, -0.2) is 9.97 Å². The molecule has 1 amide bonds. The minimum Gasteiger partial charge on any atom is -0.394 e. The van der Waals surface area contributed by atoms with E-state index in [1.165, 1.54) is 0 Å². The molecule has 1 aliphatic rings. The molecule has 3 rings (SSSR count). The molecule has 110 valence electrons. The van der Waals surface area contributed by atoms with Gasteiger partial charge in [0.2, 0.25) is 0 Å². The van der Waals surface area contributed by atoms with Crippen LogP contribution in [0.4, 0.5) is 0 Å². The Morgan fingerprint density at radius 2 is 2.29 bits per heavy atom. The van der Waals surface area contributed by atoms with E-state index in [1.807, 2.05) is 0 Å². The maximum atomic E-state index is 12.5. The van der Waals surface area contributed by atoms with Crippen LogP contribution in [0.15, 0.2) is 37.1 Å². The quantitative estimate of drug-likeness (QED) is 0.922. The van der Waals surface area contributed by atoms with Crippen LogP contribution in [0, 0.1) is 0 Å². The molecule has 6 nitrogen and oxygen atoms in total. The Morgan fingerprint density at radius 1 is 1.38 bits per heavy atom. The number of aliphatic hydroxyl groups excluding tert-OH is 1. The lowest BCUT2D eigenvalue weighted by Crippen LogP contribution is -2.45. The Labute approximate surface area is 123 Å². The second-order valence-corrected chi connectivity index (χ2v) is 5.21. The van der Waals surface area contributed by atoms with Gasteiger partial charge < -0.3 is 10.0 Å². The Bertz CT molecular complexity index is 595. The number of pyridine rings is 1. The van der Waals surface area contributed by atoms with Crippen LogP contribution in [0.2, 0.25) is 0 Å². The van der Waals surface area contributed by atoms with Gasteiger partial charge in [0.1, 0.15) is 12.1 Å². The van der Waals surface area contributed by atoms with Crippen LogP contribution in [-0.2, 0) is 0 Å². The summed E-state index contributed by atoms with van der Waals surface area (Å²) in [6, 6.07) is 3.50. The molecule has 0 spiro atoms. The van der Waals surface area contributed by atoms with Crippen molar-refractivity contribution in [1.82, 2.24) is 19.4 Å². The van der Waals surface area contributed by atoms with Gasteiger partial charge >= 0.3 is 0 Å². The summed E-state index contributed by atoms with van der Waals surface area (Å²) in [7, 11) is 0. The molecule has 1 N–H and O–H groups in total. The number of hydrogen-bond donors (Lipinski definition) is 1. The minimum atomic E-state index is -0.0698. The smallest absolute Gasteiger partial charge is 0.255 e. The van der Waals surface area contributed by atoms with E-state index in [0.29, 0.717) is 12.1 Å². The molecule has 0 bridgehead atoms. The van der Waals surface area contributed by atoms with E-state index < -0.39 is 0 Å². The number of aromatic nitrogens is 3. The highest BCUT2D eigenvalue weighted by atomic mass is 16.3. The summed E-state index contributed by atoms with van der Waals surface area (Å²) < 4.78 is 1.78. The van der Waals surface area contributed by atoms with Gasteiger partial charge in [0.25, 0.3) is 5.91 Å². The van der Waals surface area contributed by atoms with Crippen LogP contribution < -0.4 is 0 Å². The fraction of sp³-hybridized carbons (Fsp3) is 0.400. The van der Waals surface area contributed by atoms with E-state index in [-0.39, 0.29) is 18.6 Å². The zero-order valence-corrected chi connectivity index (χ0v) is 11.7. The standard InChI is InChI=1S/C15H18N4O2/c20-10-13-3-1-2-7-19(13)15(21)12-4-5-14(17-9-12)18-8-6-16-11-18/h4-6,8-9,11,13,20H,1-3,7,10H2. The van der Waals surface area contributed by atoms with Crippen LogP contribution in [0.25, 0.3) is 5.82 Å². The molecule has 0 saturated carbocycles. The van der Waals surface area contributed by atoms with E-state index in [9.17, 15) is 9.90 Å². The normalized spacial score (nSPS) is 18.7. The Hall–Kier alpha value is -2.21. The van der Waals surface area contributed by atoms with Crippen molar-refractivity contribution in [3.05, 3.63) is 42.6 Å². The van der Waals surface area contributed by atoms with Gasteiger partial charge in [0.15, 0.2) is 0 Å². The summed E-state index contributed by atoms with van der Waals surface area (Å²) in [6.45, 7) is 0.722. The number of imidazole rings is 1. The number of carbonyl (C=O) groups is 1. The van der Waals surface area contributed by atoms with Gasteiger partial charge in [-0.3, -0.25) is 9.36 Å². The first-order chi connectivity index (χ1) is 10.3. The fourth-order valence-corrected chi connectivity index (χ4v) is 2.68. The molecule has 2 aromatic heterocycles. The second-order valence-electron chi connectivity index (χ2n) is 5.21. The highest BCUT2D eigenvalue weighted by Crippen LogP contribution is 2.19. The lowest BCUT2D eigenvalue weighted by Gasteiger charge is -2.34. The fourth-order valence-electron chi connectivity index (χ4n) is 2.68. The predicted octanol–water partition coefficient (Wildman–Crippen LogP) is 1.25. The van der Waals surface area contributed by atoms with E-state index in [4.69, 9.17) is 0 Å². The van der Waals surface area contributed by atoms with Crippen LogP contribution in [-0.4, -0.2) is 49.6 Å². The lowest BCUT2D eigenvalue weighted by molar-refractivity contribution is 0.0502. The first-order valence-electron chi connectivity index (χ1n) is 7.16. The average Bonchev–Trinajstić information content (AvgIpc) is 3.09. The second kappa shape index (κ2) is 6.05. The van der Waals surface area contributed by atoms with Gasteiger partial charge in [-0.15, -0.1) is 0 Å². The molecule has 0 radical (unpaired) electrons. The third kappa shape index (κ3) is 2.80. The van der Waals surface area contributed by atoms with Crippen molar-refractivity contribution >= 4 is 5.91 Å². The Kier molecular flexibility index (Phi) is 3.96. The number of likely N-dealkylation sites (tertiary alicyclic amines) is 1. The summed E-state index contributed by atoms with van der Waals surface area (Å²) in [5.74, 6) is 0.667. The molecule has 3 heterocycles. The van der Waals surface area contributed by atoms with Crippen molar-refractivity contribution in [2.24, 2.45) is 0 Å². The van der Waals surface area contributed by atoms with Crippen molar-refractivity contribution in [2.75, 3.05) is 13.2 Å². The zero-order valence-electron chi connectivity index (χ0n) is 11.7. The summed E-state index contributed by atoms with van der Waals surface area (Å²) >= 11 is 0. The third-order valence-electron chi connectivity index (χ3n) is 3.86. The zero-order chi connectivity index (χ0) is 14.7. The molecule has 2 aromatic rings. The van der Waals surface area contributed by atoms with Crippen molar-refractivity contribution < 1.29 is 9.90 Å². The van der Waals surface area contributed by atoms with Gasteiger partial charge in [-0.1, -0.05) is 0 Å². The van der Waals surface area contributed by atoms with Crippen molar-refractivity contribution in [3.63, 3.8) is 0 Å². The van der Waals surface area contributed by atoms with E-state index in [2.05, 4.69) is 9.97 Å².